The highest BCUT2D eigenvalue weighted by Gasteiger charge is 2.34. The van der Waals surface area contributed by atoms with E-state index in [0.717, 1.165) is 12.8 Å². The number of ether oxygens (including phenoxy) is 1. The maximum atomic E-state index is 5.97. The summed E-state index contributed by atoms with van der Waals surface area (Å²) in [5.41, 5.74) is 5.97. The van der Waals surface area contributed by atoms with E-state index in [0.29, 0.717) is 24.0 Å². The second-order valence-electron chi connectivity index (χ2n) is 4.02. The molecule has 0 aromatic rings. The fourth-order valence-corrected chi connectivity index (χ4v) is 2.46. The Bertz CT molecular complexity index is 234. The van der Waals surface area contributed by atoms with Crippen molar-refractivity contribution in [3.8, 4) is 0 Å². The Morgan fingerprint density at radius 1 is 1.23 bits per heavy atom. The summed E-state index contributed by atoms with van der Waals surface area (Å²) in [6.45, 7) is 0. The summed E-state index contributed by atoms with van der Waals surface area (Å²) >= 11 is 0. The van der Waals surface area contributed by atoms with Crippen molar-refractivity contribution >= 4 is 0 Å². The maximum Gasteiger partial charge on any atom is 0.0654 e. The lowest BCUT2D eigenvalue weighted by molar-refractivity contribution is 0.0185. The van der Waals surface area contributed by atoms with E-state index in [-0.39, 0.29) is 0 Å². The molecule has 2 N–H and O–H groups in total. The lowest BCUT2D eigenvalue weighted by Crippen LogP contribution is -2.42. The van der Waals surface area contributed by atoms with Crippen molar-refractivity contribution in [2.45, 2.75) is 25.0 Å². The molecule has 0 bridgehead atoms. The first-order valence-corrected chi connectivity index (χ1v) is 4.94. The van der Waals surface area contributed by atoms with Gasteiger partial charge in [-0.15, -0.1) is 0 Å². The van der Waals surface area contributed by atoms with Crippen LogP contribution in [-0.4, -0.2) is 19.3 Å². The van der Waals surface area contributed by atoms with Crippen LogP contribution in [0.2, 0.25) is 0 Å². The molecule has 2 aliphatic carbocycles. The third-order valence-electron chi connectivity index (χ3n) is 3.14. The van der Waals surface area contributed by atoms with Crippen molar-refractivity contribution in [1.82, 2.24) is 0 Å². The summed E-state index contributed by atoms with van der Waals surface area (Å²) in [5.74, 6) is 1.15. The van der Waals surface area contributed by atoms with E-state index in [1.165, 1.54) is 0 Å². The van der Waals surface area contributed by atoms with Crippen LogP contribution in [0, 0.1) is 11.8 Å². The number of fused-ring (bicyclic) bond motifs is 1. The van der Waals surface area contributed by atoms with Crippen LogP contribution in [0.4, 0.5) is 0 Å². The van der Waals surface area contributed by atoms with Gasteiger partial charge in [0.2, 0.25) is 0 Å². The zero-order valence-electron chi connectivity index (χ0n) is 8.02. The quantitative estimate of drug-likeness (QED) is 0.661. The molecule has 0 heterocycles. The summed E-state index contributed by atoms with van der Waals surface area (Å²) in [6, 6.07) is 0.308. The fourth-order valence-electron chi connectivity index (χ4n) is 2.46. The molecule has 0 aromatic carbocycles. The first kappa shape index (κ1) is 8.97. The van der Waals surface area contributed by atoms with Crippen LogP contribution < -0.4 is 5.73 Å². The van der Waals surface area contributed by atoms with Gasteiger partial charge in [-0.05, 0) is 18.8 Å². The first-order valence-electron chi connectivity index (χ1n) is 4.94. The van der Waals surface area contributed by atoms with Crippen molar-refractivity contribution < 1.29 is 4.74 Å². The summed E-state index contributed by atoms with van der Waals surface area (Å²) in [7, 11) is 1.78. The third kappa shape index (κ3) is 1.69. The Balaban J connectivity index is 2.13. The number of nitrogens with two attached hydrogens (primary N) is 1. The van der Waals surface area contributed by atoms with E-state index in [4.69, 9.17) is 10.5 Å². The topological polar surface area (TPSA) is 35.2 Å². The normalized spacial score (nSPS) is 43.2. The van der Waals surface area contributed by atoms with Crippen LogP contribution in [-0.2, 0) is 4.74 Å². The van der Waals surface area contributed by atoms with Gasteiger partial charge in [0.15, 0.2) is 0 Å². The second-order valence-corrected chi connectivity index (χ2v) is 4.02. The van der Waals surface area contributed by atoms with Gasteiger partial charge < -0.3 is 10.5 Å². The summed E-state index contributed by atoms with van der Waals surface area (Å²) in [5, 5.41) is 0. The highest BCUT2D eigenvalue weighted by atomic mass is 16.5. The van der Waals surface area contributed by atoms with E-state index in [1.54, 1.807) is 7.11 Å². The van der Waals surface area contributed by atoms with Gasteiger partial charge in [-0.1, -0.05) is 24.3 Å². The largest absolute Gasteiger partial charge is 0.381 e. The van der Waals surface area contributed by atoms with E-state index < -0.39 is 0 Å². The van der Waals surface area contributed by atoms with Gasteiger partial charge in [0.25, 0.3) is 0 Å². The Morgan fingerprint density at radius 3 is 2.77 bits per heavy atom. The minimum Gasteiger partial charge on any atom is -0.381 e. The predicted molar refractivity (Wildman–Crippen MR) is 53.3 cm³/mol. The Labute approximate surface area is 79.5 Å². The van der Waals surface area contributed by atoms with Gasteiger partial charge in [0.1, 0.15) is 0 Å². The van der Waals surface area contributed by atoms with Crippen molar-refractivity contribution in [2.24, 2.45) is 17.6 Å². The summed E-state index contributed by atoms with van der Waals surface area (Å²) in [4.78, 5) is 0. The highest BCUT2D eigenvalue weighted by Crippen LogP contribution is 2.35. The van der Waals surface area contributed by atoms with Gasteiger partial charge in [-0.3, -0.25) is 0 Å². The molecule has 4 atom stereocenters. The van der Waals surface area contributed by atoms with Crippen LogP contribution in [0.3, 0.4) is 0 Å². The molecular weight excluding hydrogens is 162 g/mol. The fraction of sp³-hybridized carbons (Fsp3) is 0.636. The molecule has 4 unspecified atom stereocenters. The van der Waals surface area contributed by atoms with Gasteiger partial charge in [0, 0.05) is 19.1 Å². The Hall–Kier alpha value is -0.600. The van der Waals surface area contributed by atoms with E-state index >= 15 is 0 Å². The van der Waals surface area contributed by atoms with Crippen LogP contribution in [0.1, 0.15) is 12.8 Å². The SMILES string of the molecule is COC1CC(N)CC2C=CC=CC21. The van der Waals surface area contributed by atoms with Crippen molar-refractivity contribution in [2.75, 3.05) is 7.11 Å². The van der Waals surface area contributed by atoms with E-state index in [9.17, 15) is 0 Å². The van der Waals surface area contributed by atoms with Crippen molar-refractivity contribution in [1.29, 1.82) is 0 Å². The lowest BCUT2D eigenvalue weighted by atomic mass is 9.73. The average Bonchev–Trinajstić information content (AvgIpc) is 2.16. The van der Waals surface area contributed by atoms with Gasteiger partial charge in [0.05, 0.1) is 6.10 Å². The molecule has 0 aromatic heterocycles. The molecule has 13 heavy (non-hydrogen) atoms. The Kier molecular flexibility index (Phi) is 2.51. The molecule has 2 aliphatic rings. The maximum absolute atomic E-state index is 5.97. The molecule has 72 valence electrons. The number of hydrogen-bond donors (Lipinski definition) is 1. The van der Waals surface area contributed by atoms with E-state index in [2.05, 4.69) is 24.3 Å². The highest BCUT2D eigenvalue weighted by molar-refractivity contribution is 5.17. The van der Waals surface area contributed by atoms with Crippen LogP contribution >= 0.6 is 0 Å². The third-order valence-corrected chi connectivity index (χ3v) is 3.14. The smallest absolute Gasteiger partial charge is 0.0654 e. The monoisotopic (exact) mass is 179 g/mol. The predicted octanol–water partition coefficient (Wildman–Crippen LogP) is 1.48. The van der Waals surface area contributed by atoms with Gasteiger partial charge in [-0.25, -0.2) is 0 Å². The number of rotatable bonds is 1. The Morgan fingerprint density at radius 2 is 2.00 bits per heavy atom. The molecule has 0 saturated heterocycles. The molecule has 0 radical (unpaired) electrons. The molecule has 0 spiro atoms. The first-order chi connectivity index (χ1) is 6.31. The second kappa shape index (κ2) is 3.64. The molecule has 2 heteroatoms. The van der Waals surface area contributed by atoms with Crippen LogP contribution in [0.25, 0.3) is 0 Å². The van der Waals surface area contributed by atoms with Crippen molar-refractivity contribution in [3.05, 3.63) is 24.3 Å². The standard InChI is InChI=1S/C11H17NO/c1-13-11-7-9(12)6-8-4-2-3-5-10(8)11/h2-5,8-11H,6-7,12H2,1H3. The molecule has 1 saturated carbocycles. The van der Waals surface area contributed by atoms with Crippen molar-refractivity contribution in [3.63, 3.8) is 0 Å². The number of hydrogen-bond acceptors (Lipinski definition) is 2. The number of allylic oxidation sites excluding steroid dienone is 3. The van der Waals surface area contributed by atoms with Gasteiger partial charge >= 0.3 is 0 Å². The van der Waals surface area contributed by atoms with Crippen LogP contribution in [0.15, 0.2) is 24.3 Å². The van der Waals surface area contributed by atoms with E-state index in [1.807, 2.05) is 0 Å². The molecule has 0 aliphatic heterocycles. The molecular formula is C11H17NO. The zero-order chi connectivity index (χ0) is 9.26. The summed E-state index contributed by atoms with van der Waals surface area (Å²) in [6.07, 6.45) is 11.2. The molecule has 2 rings (SSSR count). The molecule has 0 amide bonds. The minimum absolute atomic E-state index is 0.308. The zero-order valence-corrected chi connectivity index (χ0v) is 8.02. The number of methoxy groups -OCH3 is 1. The minimum atomic E-state index is 0.308. The molecule has 1 fully saturated rings. The van der Waals surface area contributed by atoms with Gasteiger partial charge in [-0.2, -0.15) is 0 Å². The molecule has 2 nitrogen and oxygen atoms in total. The average molecular weight is 179 g/mol. The van der Waals surface area contributed by atoms with Crippen LogP contribution in [0.5, 0.6) is 0 Å². The lowest BCUT2D eigenvalue weighted by Gasteiger charge is -2.38. The summed E-state index contributed by atoms with van der Waals surface area (Å²) < 4.78 is 5.47.